The molecule has 5 nitrogen and oxygen atoms in total. The molecule has 0 bridgehead atoms. The number of carbonyl (C=O) groups excluding carboxylic acids is 2. The van der Waals surface area contributed by atoms with Crippen LogP contribution in [0.3, 0.4) is 0 Å². The van der Waals surface area contributed by atoms with Gasteiger partial charge in [-0.3, -0.25) is 9.69 Å². The number of anilines is 1. The molecule has 1 saturated heterocycles. The lowest BCUT2D eigenvalue weighted by Gasteiger charge is -2.33. The molecule has 0 spiro atoms. The van der Waals surface area contributed by atoms with Gasteiger partial charge in [0.15, 0.2) is 0 Å². The van der Waals surface area contributed by atoms with Crippen LogP contribution in [0.2, 0.25) is 5.02 Å². The number of fused-ring (bicyclic) bond motifs is 1. The molecule has 0 aromatic heterocycles. The van der Waals surface area contributed by atoms with E-state index in [0.717, 1.165) is 31.4 Å². The van der Waals surface area contributed by atoms with E-state index in [1.54, 1.807) is 11.0 Å². The normalized spacial score (nSPS) is 27.1. The van der Waals surface area contributed by atoms with Crippen LogP contribution in [0.15, 0.2) is 24.3 Å². The average molecular weight is 377 g/mol. The summed E-state index contributed by atoms with van der Waals surface area (Å²) < 4.78 is 5.57. The SMILES string of the molecule is CC(C)(C)OC(=O)N1[C@@H]2C[C@@H]2C[C@H]1C(=O)N(c1ccccc1Cl)C1CC1. The van der Waals surface area contributed by atoms with Gasteiger partial charge >= 0.3 is 6.09 Å². The summed E-state index contributed by atoms with van der Waals surface area (Å²) in [6, 6.07) is 7.31. The molecule has 1 heterocycles. The van der Waals surface area contributed by atoms with Crippen LogP contribution < -0.4 is 4.90 Å². The molecular formula is C20H25ClN2O3. The van der Waals surface area contributed by atoms with Crippen molar-refractivity contribution in [3.63, 3.8) is 0 Å². The minimum atomic E-state index is -0.573. The predicted octanol–water partition coefficient (Wildman–Crippen LogP) is 4.23. The van der Waals surface area contributed by atoms with Crippen LogP contribution in [-0.4, -0.2) is 40.6 Å². The molecule has 1 aromatic carbocycles. The lowest BCUT2D eigenvalue weighted by Crippen LogP contribution is -2.51. The Balaban J connectivity index is 1.59. The Hall–Kier alpha value is -1.75. The van der Waals surface area contributed by atoms with Crippen molar-refractivity contribution in [2.45, 2.75) is 70.2 Å². The second kappa shape index (κ2) is 6.15. The van der Waals surface area contributed by atoms with Gasteiger partial charge in [-0.15, -0.1) is 0 Å². The molecule has 26 heavy (non-hydrogen) atoms. The summed E-state index contributed by atoms with van der Waals surface area (Å²) in [7, 11) is 0. The van der Waals surface area contributed by atoms with E-state index >= 15 is 0 Å². The van der Waals surface area contributed by atoms with Gasteiger partial charge in [-0.05, 0) is 64.5 Å². The Labute approximate surface area is 159 Å². The maximum absolute atomic E-state index is 13.4. The summed E-state index contributed by atoms with van der Waals surface area (Å²) in [5.41, 5.74) is 0.169. The third-order valence-corrected chi connectivity index (χ3v) is 5.57. The van der Waals surface area contributed by atoms with E-state index < -0.39 is 11.6 Å². The summed E-state index contributed by atoms with van der Waals surface area (Å²) in [6.07, 6.45) is 3.26. The molecule has 2 amide bonds. The Bertz CT molecular complexity index is 741. The van der Waals surface area contributed by atoms with Crippen LogP contribution in [-0.2, 0) is 9.53 Å². The number of benzene rings is 1. The molecule has 0 unspecified atom stereocenters. The van der Waals surface area contributed by atoms with E-state index in [1.807, 2.05) is 43.9 Å². The van der Waals surface area contributed by atoms with Gasteiger partial charge in [-0.1, -0.05) is 23.7 Å². The second-order valence-corrected chi connectivity index (χ2v) is 9.00. The standard InChI is InChI=1S/C20H25ClN2O3/c1-20(2,3)26-19(25)23-16-10-12(16)11-17(23)18(24)22(13-8-9-13)15-7-5-4-6-14(15)21/h4-7,12-13,16-17H,8-11H2,1-3H3/t12-,16-,17+/m1/s1. The molecule has 3 aliphatic rings. The number of halogens is 1. The Morgan fingerprint density at radius 2 is 1.88 bits per heavy atom. The van der Waals surface area contributed by atoms with Crippen molar-refractivity contribution < 1.29 is 14.3 Å². The summed E-state index contributed by atoms with van der Waals surface area (Å²) in [5.74, 6) is 0.391. The number of likely N-dealkylation sites (tertiary alicyclic amines) is 1. The zero-order chi connectivity index (χ0) is 18.6. The Morgan fingerprint density at radius 3 is 2.50 bits per heavy atom. The predicted molar refractivity (Wildman–Crippen MR) is 100 cm³/mol. The lowest BCUT2D eigenvalue weighted by molar-refractivity contribution is -0.123. The highest BCUT2D eigenvalue weighted by Crippen LogP contribution is 2.49. The number of nitrogens with zero attached hydrogens (tertiary/aromatic N) is 2. The molecule has 3 fully saturated rings. The van der Waals surface area contributed by atoms with Gasteiger partial charge in [0.2, 0.25) is 5.91 Å². The minimum absolute atomic E-state index is 0.0290. The third-order valence-electron chi connectivity index (χ3n) is 5.26. The number of para-hydroxylation sites is 1. The molecule has 0 radical (unpaired) electrons. The van der Waals surface area contributed by atoms with Crippen LogP contribution in [0, 0.1) is 5.92 Å². The first-order chi connectivity index (χ1) is 12.3. The van der Waals surface area contributed by atoms with Crippen molar-refractivity contribution >= 4 is 29.3 Å². The van der Waals surface area contributed by atoms with Crippen molar-refractivity contribution in [2.75, 3.05) is 4.90 Å². The maximum atomic E-state index is 13.4. The highest BCUT2D eigenvalue weighted by molar-refractivity contribution is 6.34. The first-order valence-corrected chi connectivity index (χ1v) is 9.73. The average Bonchev–Trinajstić information content (AvgIpc) is 3.47. The summed E-state index contributed by atoms with van der Waals surface area (Å²) in [6.45, 7) is 5.55. The molecule has 4 rings (SSSR count). The smallest absolute Gasteiger partial charge is 0.411 e. The molecule has 2 saturated carbocycles. The van der Waals surface area contributed by atoms with Crippen LogP contribution >= 0.6 is 11.6 Å². The van der Waals surface area contributed by atoms with Gasteiger partial charge in [-0.25, -0.2) is 4.79 Å². The van der Waals surface area contributed by atoms with Gasteiger partial charge < -0.3 is 9.64 Å². The molecule has 1 aliphatic heterocycles. The van der Waals surface area contributed by atoms with E-state index in [2.05, 4.69) is 0 Å². The van der Waals surface area contributed by atoms with Crippen LogP contribution in [0.4, 0.5) is 10.5 Å². The largest absolute Gasteiger partial charge is 0.444 e. The fourth-order valence-corrected chi connectivity index (χ4v) is 4.12. The number of amides is 2. The monoisotopic (exact) mass is 376 g/mol. The zero-order valence-electron chi connectivity index (χ0n) is 15.4. The fraction of sp³-hybridized carbons (Fsp3) is 0.600. The summed E-state index contributed by atoms with van der Waals surface area (Å²) in [5, 5.41) is 0.569. The van der Waals surface area contributed by atoms with Gasteiger partial charge in [0, 0.05) is 12.1 Å². The van der Waals surface area contributed by atoms with Gasteiger partial charge in [0.05, 0.1) is 10.7 Å². The quantitative estimate of drug-likeness (QED) is 0.793. The topological polar surface area (TPSA) is 49.9 Å². The van der Waals surface area contributed by atoms with E-state index in [1.165, 1.54) is 0 Å². The molecule has 0 N–H and O–H groups in total. The van der Waals surface area contributed by atoms with Gasteiger partial charge in [0.1, 0.15) is 11.6 Å². The van der Waals surface area contributed by atoms with E-state index in [-0.39, 0.29) is 24.1 Å². The van der Waals surface area contributed by atoms with Crippen LogP contribution in [0.5, 0.6) is 0 Å². The number of rotatable bonds is 3. The number of piperidine rings is 1. The Morgan fingerprint density at radius 1 is 1.19 bits per heavy atom. The number of carbonyl (C=O) groups is 2. The Kier molecular flexibility index (Phi) is 4.18. The summed E-state index contributed by atoms with van der Waals surface area (Å²) >= 11 is 6.37. The van der Waals surface area contributed by atoms with Gasteiger partial charge in [0.25, 0.3) is 0 Å². The van der Waals surface area contributed by atoms with Crippen molar-refractivity contribution in [3.05, 3.63) is 29.3 Å². The highest BCUT2D eigenvalue weighted by atomic mass is 35.5. The van der Waals surface area contributed by atoms with Crippen LogP contribution in [0.1, 0.15) is 46.5 Å². The molecular weight excluding hydrogens is 352 g/mol. The van der Waals surface area contributed by atoms with E-state index in [4.69, 9.17) is 16.3 Å². The highest BCUT2D eigenvalue weighted by Gasteiger charge is 2.58. The maximum Gasteiger partial charge on any atom is 0.411 e. The van der Waals surface area contributed by atoms with Gasteiger partial charge in [-0.2, -0.15) is 0 Å². The van der Waals surface area contributed by atoms with Crippen molar-refractivity contribution in [3.8, 4) is 0 Å². The minimum Gasteiger partial charge on any atom is -0.444 e. The number of hydrogen-bond donors (Lipinski definition) is 0. The third kappa shape index (κ3) is 3.29. The first-order valence-electron chi connectivity index (χ1n) is 9.35. The molecule has 2 aliphatic carbocycles. The molecule has 6 heteroatoms. The van der Waals surface area contributed by atoms with Crippen molar-refractivity contribution in [1.82, 2.24) is 4.90 Å². The molecule has 3 atom stereocenters. The number of hydrogen-bond acceptors (Lipinski definition) is 3. The fourth-order valence-electron chi connectivity index (χ4n) is 3.89. The zero-order valence-corrected chi connectivity index (χ0v) is 16.2. The molecule has 1 aromatic rings. The first kappa shape index (κ1) is 17.7. The van der Waals surface area contributed by atoms with Crippen molar-refractivity contribution in [1.29, 1.82) is 0 Å². The van der Waals surface area contributed by atoms with Crippen molar-refractivity contribution in [2.24, 2.45) is 5.92 Å². The van der Waals surface area contributed by atoms with Crippen LogP contribution in [0.25, 0.3) is 0 Å². The molecule has 140 valence electrons. The number of ether oxygens (including phenoxy) is 1. The summed E-state index contributed by atoms with van der Waals surface area (Å²) in [4.78, 5) is 29.7. The lowest BCUT2D eigenvalue weighted by atomic mass is 10.1. The van der Waals surface area contributed by atoms with E-state index in [0.29, 0.717) is 10.9 Å². The second-order valence-electron chi connectivity index (χ2n) is 8.59. The van der Waals surface area contributed by atoms with E-state index in [9.17, 15) is 9.59 Å².